The van der Waals surface area contributed by atoms with Crippen LogP contribution >= 0.6 is 11.6 Å². The topological polar surface area (TPSA) is 96.0 Å². The maximum atomic E-state index is 13.4. The van der Waals surface area contributed by atoms with E-state index in [2.05, 4.69) is 5.32 Å². The van der Waals surface area contributed by atoms with E-state index in [9.17, 15) is 31.2 Å². The largest absolute Gasteiger partial charge is 0.497 e. The Kier molecular flexibility index (Phi) is 9.61. The smallest absolute Gasteiger partial charge is 0.416 e. The molecule has 0 aliphatic rings. The second-order valence-electron chi connectivity index (χ2n) is 7.88. The molecule has 0 aromatic heterocycles. The summed E-state index contributed by atoms with van der Waals surface area (Å²) in [7, 11) is -2.80. The summed E-state index contributed by atoms with van der Waals surface area (Å²) in [5.41, 5.74) is -1.05. The molecule has 2 aromatic carbocycles. The maximum Gasteiger partial charge on any atom is 0.416 e. The SMILES string of the molecule is CCNC(=O)[C@@H](C)N(Cc1cccc(OC)c1)C(=O)CN(c1cc(C(F)(F)F)ccc1Cl)S(C)(=O)=O. The number of alkyl halides is 3. The van der Waals surface area contributed by atoms with Crippen LogP contribution in [0.15, 0.2) is 42.5 Å². The standard InChI is InChI=1S/C23H27ClF3N3O5S/c1-5-28-22(32)15(2)29(13-16-7-6-8-18(11-16)35-3)21(31)14-30(36(4,33)34)20-12-17(23(25,26)27)9-10-19(20)24/h6-12,15H,5,13-14H2,1-4H3,(H,28,32)/t15-/m1/s1. The van der Waals surface area contributed by atoms with E-state index in [1.807, 2.05) is 0 Å². The molecule has 0 spiro atoms. The Morgan fingerprint density at radius 1 is 1.17 bits per heavy atom. The van der Waals surface area contributed by atoms with Crippen LogP contribution in [0.4, 0.5) is 18.9 Å². The summed E-state index contributed by atoms with van der Waals surface area (Å²) in [5, 5.41) is 2.31. The number of anilines is 1. The van der Waals surface area contributed by atoms with Crippen molar-refractivity contribution in [2.75, 3.05) is 30.8 Å². The van der Waals surface area contributed by atoms with Gasteiger partial charge in [0, 0.05) is 13.1 Å². The first-order valence-electron chi connectivity index (χ1n) is 10.7. The van der Waals surface area contributed by atoms with Crippen molar-refractivity contribution in [3.8, 4) is 5.75 Å². The van der Waals surface area contributed by atoms with Gasteiger partial charge in [0.1, 0.15) is 18.3 Å². The molecule has 0 heterocycles. The monoisotopic (exact) mass is 549 g/mol. The average molecular weight is 550 g/mol. The van der Waals surface area contributed by atoms with Gasteiger partial charge in [0.2, 0.25) is 21.8 Å². The van der Waals surface area contributed by atoms with Gasteiger partial charge in [-0.3, -0.25) is 13.9 Å². The van der Waals surface area contributed by atoms with E-state index in [-0.39, 0.29) is 11.6 Å². The van der Waals surface area contributed by atoms with Crippen molar-refractivity contribution in [3.05, 3.63) is 58.6 Å². The summed E-state index contributed by atoms with van der Waals surface area (Å²) in [6.45, 7) is 2.47. The summed E-state index contributed by atoms with van der Waals surface area (Å²) in [5.74, 6) is -0.814. The van der Waals surface area contributed by atoms with Crippen molar-refractivity contribution in [1.82, 2.24) is 10.2 Å². The van der Waals surface area contributed by atoms with Gasteiger partial charge >= 0.3 is 6.18 Å². The molecule has 0 saturated carbocycles. The van der Waals surface area contributed by atoms with Gasteiger partial charge in [-0.15, -0.1) is 0 Å². The van der Waals surface area contributed by atoms with E-state index in [1.165, 1.54) is 14.0 Å². The lowest BCUT2D eigenvalue weighted by atomic mass is 10.1. The summed E-state index contributed by atoms with van der Waals surface area (Å²) in [6, 6.07) is 7.85. The number of amides is 2. The number of ether oxygens (including phenoxy) is 1. The van der Waals surface area contributed by atoms with Crippen LogP contribution in [0.25, 0.3) is 0 Å². The number of nitrogens with zero attached hydrogens (tertiary/aromatic N) is 2. The zero-order valence-electron chi connectivity index (χ0n) is 20.1. The zero-order chi connectivity index (χ0) is 27.3. The Morgan fingerprint density at radius 2 is 1.83 bits per heavy atom. The molecule has 2 amide bonds. The van der Waals surface area contributed by atoms with Crippen LogP contribution < -0.4 is 14.4 Å². The number of likely N-dealkylation sites (N-methyl/N-ethyl adjacent to an activating group) is 1. The highest BCUT2D eigenvalue weighted by Gasteiger charge is 2.34. The van der Waals surface area contributed by atoms with Crippen molar-refractivity contribution in [3.63, 3.8) is 0 Å². The normalized spacial score (nSPS) is 12.6. The van der Waals surface area contributed by atoms with Crippen molar-refractivity contribution >= 4 is 39.1 Å². The van der Waals surface area contributed by atoms with Crippen LogP contribution in [-0.2, 0) is 32.3 Å². The number of halogens is 4. The number of sulfonamides is 1. The van der Waals surface area contributed by atoms with Crippen molar-refractivity contribution < 1.29 is 35.9 Å². The molecule has 2 aromatic rings. The number of benzene rings is 2. The molecule has 1 N–H and O–H groups in total. The molecule has 0 bridgehead atoms. The fraction of sp³-hybridized carbons (Fsp3) is 0.391. The molecule has 0 fully saturated rings. The van der Waals surface area contributed by atoms with Crippen LogP contribution in [0.1, 0.15) is 25.0 Å². The fourth-order valence-corrected chi connectivity index (χ4v) is 4.47. The Bertz CT molecular complexity index is 1210. The van der Waals surface area contributed by atoms with Crippen molar-refractivity contribution in [2.24, 2.45) is 0 Å². The number of hydrogen-bond acceptors (Lipinski definition) is 5. The minimum atomic E-state index is -4.77. The number of rotatable bonds is 10. The van der Waals surface area contributed by atoms with Gasteiger partial charge in [-0.2, -0.15) is 13.2 Å². The third-order valence-electron chi connectivity index (χ3n) is 5.23. The van der Waals surface area contributed by atoms with Gasteiger partial charge in [-0.1, -0.05) is 23.7 Å². The quantitative estimate of drug-likeness (QED) is 0.488. The van der Waals surface area contributed by atoms with E-state index in [4.69, 9.17) is 16.3 Å². The van der Waals surface area contributed by atoms with Crippen LogP contribution in [0, 0.1) is 0 Å². The first-order valence-corrected chi connectivity index (χ1v) is 13.0. The molecule has 0 aliphatic carbocycles. The molecule has 2 rings (SSSR count). The lowest BCUT2D eigenvalue weighted by Crippen LogP contribution is -2.51. The second kappa shape index (κ2) is 11.8. The van der Waals surface area contributed by atoms with Gasteiger partial charge < -0.3 is 15.0 Å². The highest BCUT2D eigenvalue weighted by atomic mass is 35.5. The van der Waals surface area contributed by atoms with E-state index < -0.39 is 51.9 Å². The van der Waals surface area contributed by atoms with Gasteiger partial charge in [0.25, 0.3) is 0 Å². The number of carbonyl (C=O) groups is 2. The minimum absolute atomic E-state index is 0.0950. The lowest BCUT2D eigenvalue weighted by Gasteiger charge is -2.31. The highest BCUT2D eigenvalue weighted by molar-refractivity contribution is 7.92. The molecule has 0 radical (unpaired) electrons. The zero-order valence-corrected chi connectivity index (χ0v) is 21.7. The first kappa shape index (κ1) is 29.2. The number of hydrogen-bond donors (Lipinski definition) is 1. The second-order valence-corrected chi connectivity index (χ2v) is 10.2. The van der Waals surface area contributed by atoms with Crippen LogP contribution in [0.3, 0.4) is 0 Å². The molecule has 198 valence electrons. The van der Waals surface area contributed by atoms with Gasteiger partial charge in [0.15, 0.2) is 0 Å². The van der Waals surface area contributed by atoms with E-state index in [0.717, 1.165) is 17.2 Å². The van der Waals surface area contributed by atoms with Crippen molar-refractivity contribution in [2.45, 2.75) is 32.6 Å². The van der Waals surface area contributed by atoms with Crippen molar-refractivity contribution in [1.29, 1.82) is 0 Å². The Hall–Kier alpha value is -2.99. The molecule has 13 heteroatoms. The van der Waals surface area contributed by atoms with Gasteiger partial charge in [-0.05, 0) is 49.7 Å². The summed E-state index contributed by atoms with van der Waals surface area (Å²) in [4.78, 5) is 27.1. The Morgan fingerprint density at radius 3 is 2.39 bits per heavy atom. The molecule has 8 nitrogen and oxygen atoms in total. The van der Waals surface area contributed by atoms with Gasteiger partial charge in [0.05, 0.1) is 29.6 Å². The maximum absolute atomic E-state index is 13.4. The number of nitrogens with one attached hydrogen (secondary N) is 1. The molecule has 0 aliphatic heterocycles. The first-order chi connectivity index (χ1) is 16.7. The van der Waals surface area contributed by atoms with E-state index in [0.29, 0.717) is 34.3 Å². The van der Waals surface area contributed by atoms with E-state index in [1.54, 1.807) is 31.2 Å². The minimum Gasteiger partial charge on any atom is -0.497 e. The summed E-state index contributed by atoms with van der Waals surface area (Å²) < 4.78 is 70.7. The molecular weight excluding hydrogens is 523 g/mol. The fourth-order valence-electron chi connectivity index (χ4n) is 3.35. The molecule has 0 unspecified atom stereocenters. The summed E-state index contributed by atoms with van der Waals surface area (Å²) in [6.07, 6.45) is -4.02. The third kappa shape index (κ3) is 7.50. The highest BCUT2D eigenvalue weighted by Crippen LogP contribution is 2.36. The Labute approximate surface area is 213 Å². The number of carbonyl (C=O) groups excluding carboxylic acids is 2. The van der Waals surface area contributed by atoms with Crippen LogP contribution in [-0.4, -0.2) is 57.6 Å². The summed E-state index contributed by atoms with van der Waals surface area (Å²) >= 11 is 6.05. The number of methoxy groups -OCH3 is 1. The van der Waals surface area contributed by atoms with Crippen LogP contribution in [0.2, 0.25) is 5.02 Å². The van der Waals surface area contributed by atoms with E-state index >= 15 is 0 Å². The molecule has 36 heavy (non-hydrogen) atoms. The predicted octanol–water partition coefficient (Wildman–Crippen LogP) is 3.69. The third-order valence-corrected chi connectivity index (χ3v) is 6.67. The van der Waals surface area contributed by atoms with Gasteiger partial charge in [-0.25, -0.2) is 8.42 Å². The van der Waals surface area contributed by atoms with Crippen LogP contribution in [0.5, 0.6) is 5.75 Å². The average Bonchev–Trinajstić information content (AvgIpc) is 2.79. The lowest BCUT2D eigenvalue weighted by molar-refractivity contribution is -0.139. The molecule has 0 saturated heterocycles. The predicted molar refractivity (Wildman–Crippen MR) is 130 cm³/mol. The molecule has 1 atom stereocenters. The Balaban J connectivity index is 2.50. The molecular formula is C23H27ClF3N3O5S.